The van der Waals surface area contributed by atoms with Crippen LogP contribution in [0.1, 0.15) is 39.5 Å². The molecule has 2 saturated heterocycles. The average molecular weight is 239 g/mol. The summed E-state index contributed by atoms with van der Waals surface area (Å²) in [5.41, 5.74) is 0. The van der Waals surface area contributed by atoms with E-state index in [0.717, 1.165) is 18.6 Å². The van der Waals surface area contributed by atoms with Gasteiger partial charge in [-0.1, -0.05) is 13.8 Å². The molecule has 2 heterocycles. The largest absolute Gasteiger partial charge is 0.314 e. The fourth-order valence-electron chi connectivity index (χ4n) is 3.28. The van der Waals surface area contributed by atoms with Gasteiger partial charge in [-0.2, -0.15) is 0 Å². The number of hydrogen-bond acceptors (Lipinski definition) is 3. The lowest BCUT2D eigenvalue weighted by molar-refractivity contribution is 0.217. The first-order chi connectivity index (χ1) is 8.16. The third-order valence-electron chi connectivity index (χ3n) is 4.44. The van der Waals surface area contributed by atoms with Crippen LogP contribution in [0.3, 0.4) is 0 Å². The number of nitrogens with zero attached hydrogens (tertiary/aromatic N) is 2. The van der Waals surface area contributed by atoms with Crippen LogP contribution in [-0.2, 0) is 0 Å². The van der Waals surface area contributed by atoms with Crippen molar-refractivity contribution in [3.05, 3.63) is 0 Å². The minimum Gasteiger partial charge on any atom is -0.314 e. The molecule has 0 amide bonds. The summed E-state index contributed by atoms with van der Waals surface area (Å²) < 4.78 is 0. The maximum atomic E-state index is 3.51. The van der Waals surface area contributed by atoms with Crippen molar-refractivity contribution in [3.63, 3.8) is 0 Å². The van der Waals surface area contributed by atoms with E-state index in [0.29, 0.717) is 6.04 Å². The molecule has 3 heteroatoms. The van der Waals surface area contributed by atoms with Crippen molar-refractivity contribution in [1.29, 1.82) is 0 Å². The third kappa shape index (κ3) is 3.67. The van der Waals surface area contributed by atoms with Gasteiger partial charge in [-0.25, -0.2) is 0 Å². The first-order valence-electron chi connectivity index (χ1n) is 7.34. The van der Waals surface area contributed by atoms with Gasteiger partial charge in [0.2, 0.25) is 0 Å². The molecular weight excluding hydrogens is 210 g/mol. The summed E-state index contributed by atoms with van der Waals surface area (Å²) in [5, 5.41) is 3.51. The van der Waals surface area contributed by atoms with E-state index in [1.165, 1.54) is 45.3 Å². The summed E-state index contributed by atoms with van der Waals surface area (Å²) in [6.07, 6.45) is 5.52. The molecule has 0 aliphatic carbocycles. The Balaban J connectivity index is 1.68. The van der Waals surface area contributed by atoms with E-state index >= 15 is 0 Å². The highest BCUT2D eigenvalue weighted by Gasteiger charge is 2.34. The molecule has 2 aliphatic rings. The van der Waals surface area contributed by atoms with Gasteiger partial charge in [-0.05, 0) is 52.4 Å². The lowest BCUT2D eigenvalue weighted by atomic mass is 10.1. The molecule has 2 aliphatic heterocycles. The van der Waals surface area contributed by atoms with E-state index < -0.39 is 0 Å². The molecule has 2 fully saturated rings. The fourth-order valence-corrected chi connectivity index (χ4v) is 3.28. The van der Waals surface area contributed by atoms with Crippen molar-refractivity contribution in [1.82, 2.24) is 15.1 Å². The predicted molar refractivity (Wildman–Crippen MR) is 73.4 cm³/mol. The molecule has 3 nitrogen and oxygen atoms in total. The first-order valence-corrected chi connectivity index (χ1v) is 7.34. The predicted octanol–water partition coefficient (Wildman–Crippen LogP) is 1.54. The first kappa shape index (κ1) is 13.3. The minimum absolute atomic E-state index is 0.626. The second-order valence-corrected chi connectivity index (χ2v) is 6.10. The summed E-state index contributed by atoms with van der Waals surface area (Å²) in [4.78, 5) is 5.31. The topological polar surface area (TPSA) is 18.5 Å². The lowest BCUT2D eigenvalue weighted by Crippen LogP contribution is -2.37. The maximum absolute atomic E-state index is 3.51. The van der Waals surface area contributed by atoms with Gasteiger partial charge in [0.1, 0.15) is 0 Å². The van der Waals surface area contributed by atoms with Crippen LogP contribution in [0, 0.1) is 0 Å². The molecule has 0 saturated carbocycles. The number of likely N-dealkylation sites (tertiary alicyclic amines) is 1. The molecule has 2 unspecified atom stereocenters. The highest BCUT2D eigenvalue weighted by molar-refractivity contribution is 4.90. The van der Waals surface area contributed by atoms with Crippen LogP contribution in [0.5, 0.6) is 0 Å². The minimum atomic E-state index is 0.626. The molecule has 0 radical (unpaired) electrons. The van der Waals surface area contributed by atoms with Crippen molar-refractivity contribution in [2.75, 3.05) is 33.2 Å². The summed E-state index contributed by atoms with van der Waals surface area (Å²) in [5.74, 6) is 0. The van der Waals surface area contributed by atoms with Gasteiger partial charge in [-0.3, -0.25) is 4.90 Å². The lowest BCUT2D eigenvalue weighted by Gasteiger charge is -2.25. The Kier molecular flexibility index (Phi) is 4.83. The van der Waals surface area contributed by atoms with Gasteiger partial charge in [0.05, 0.1) is 0 Å². The van der Waals surface area contributed by atoms with Crippen LogP contribution in [0.4, 0.5) is 0 Å². The molecule has 0 aromatic carbocycles. The van der Waals surface area contributed by atoms with Crippen molar-refractivity contribution in [3.8, 4) is 0 Å². The van der Waals surface area contributed by atoms with Gasteiger partial charge in [0.15, 0.2) is 0 Å². The zero-order valence-electron chi connectivity index (χ0n) is 11.8. The number of nitrogens with one attached hydrogen (secondary N) is 1. The molecule has 0 aromatic rings. The SMILES string of the molecule is CC(C)NCCCN1CCC2CCC(C1)N2C. The quantitative estimate of drug-likeness (QED) is 0.734. The smallest absolute Gasteiger partial charge is 0.0223 e. The van der Waals surface area contributed by atoms with E-state index in [1.807, 2.05) is 0 Å². The van der Waals surface area contributed by atoms with Crippen molar-refractivity contribution >= 4 is 0 Å². The highest BCUT2D eigenvalue weighted by Crippen LogP contribution is 2.28. The van der Waals surface area contributed by atoms with Crippen LogP contribution in [0.15, 0.2) is 0 Å². The monoisotopic (exact) mass is 239 g/mol. The fraction of sp³-hybridized carbons (Fsp3) is 1.00. The van der Waals surface area contributed by atoms with Crippen molar-refractivity contribution < 1.29 is 0 Å². The van der Waals surface area contributed by atoms with E-state index in [1.54, 1.807) is 0 Å². The average Bonchev–Trinajstić information content (AvgIpc) is 2.51. The van der Waals surface area contributed by atoms with Crippen LogP contribution >= 0.6 is 0 Å². The molecule has 2 rings (SSSR count). The Morgan fingerprint density at radius 3 is 2.71 bits per heavy atom. The molecule has 0 spiro atoms. The summed E-state index contributed by atoms with van der Waals surface area (Å²) in [7, 11) is 2.33. The number of rotatable bonds is 5. The van der Waals surface area contributed by atoms with Crippen molar-refractivity contribution in [2.24, 2.45) is 0 Å². The maximum Gasteiger partial charge on any atom is 0.0223 e. The van der Waals surface area contributed by atoms with Crippen LogP contribution in [0.2, 0.25) is 0 Å². The summed E-state index contributed by atoms with van der Waals surface area (Å²) in [6, 6.07) is 2.33. The van der Waals surface area contributed by atoms with Gasteiger partial charge in [-0.15, -0.1) is 0 Å². The summed E-state index contributed by atoms with van der Waals surface area (Å²) >= 11 is 0. The van der Waals surface area contributed by atoms with Gasteiger partial charge in [0.25, 0.3) is 0 Å². The molecule has 100 valence electrons. The molecular formula is C14H29N3. The Labute approximate surface area is 107 Å². The van der Waals surface area contributed by atoms with Gasteiger partial charge < -0.3 is 10.2 Å². The van der Waals surface area contributed by atoms with Gasteiger partial charge >= 0.3 is 0 Å². The van der Waals surface area contributed by atoms with Gasteiger partial charge in [0, 0.05) is 24.7 Å². The standard InChI is InChI=1S/C14H29N3/c1-12(2)15-8-4-9-17-10-7-13-5-6-14(11-17)16(13)3/h12-15H,4-11H2,1-3H3. The number of fused-ring (bicyclic) bond motifs is 2. The number of hydrogen-bond donors (Lipinski definition) is 1. The van der Waals surface area contributed by atoms with Crippen LogP contribution < -0.4 is 5.32 Å². The van der Waals surface area contributed by atoms with E-state index in [9.17, 15) is 0 Å². The van der Waals surface area contributed by atoms with Crippen LogP contribution in [0.25, 0.3) is 0 Å². The van der Waals surface area contributed by atoms with E-state index in [2.05, 4.69) is 36.0 Å². The Bertz CT molecular complexity index is 230. The molecule has 0 aromatic heterocycles. The second-order valence-electron chi connectivity index (χ2n) is 6.10. The second kappa shape index (κ2) is 6.17. The van der Waals surface area contributed by atoms with E-state index in [4.69, 9.17) is 0 Å². The Morgan fingerprint density at radius 2 is 1.94 bits per heavy atom. The molecule has 1 N–H and O–H groups in total. The highest BCUT2D eigenvalue weighted by atomic mass is 15.3. The van der Waals surface area contributed by atoms with E-state index in [-0.39, 0.29) is 0 Å². The number of likely N-dealkylation sites (N-methyl/N-ethyl adjacent to an activating group) is 1. The third-order valence-corrected chi connectivity index (χ3v) is 4.44. The Morgan fingerprint density at radius 1 is 1.18 bits per heavy atom. The van der Waals surface area contributed by atoms with Crippen LogP contribution in [-0.4, -0.2) is 61.2 Å². The van der Waals surface area contributed by atoms with Crippen molar-refractivity contribution in [2.45, 2.75) is 57.7 Å². The summed E-state index contributed by atoms with van der Waals surface area (Å²) in [6.45, 7) is 9.50. The zero-order valence-corrected chi connectivity index (χ0v) is 11.8. The normalized spacial score (nSPS) is 31.1. The molecule has 17 heavy (non-hydrogen) atoms. The Hall–Kier alpha value is -0.120. The molecule has 2 bridgehead atoms. The zero-order chi connectivity index (χ0) is 12.3. The molecule has 2 atom stereocenters.